The highest BCUT2D eigenvalue weighted by Gasteiger charge is 2.18. The van der Waals surface area contributed by atoms with E-state index >= 15 is 0 Å². The molecule has 4 aromatic rings. The van der Waals surface area contributed by atoms with Gasteiger partial charge in [-0.3, -0.25) is 0 Å². The van der Waals surface area contributed by atoms with Crippen molar-refractivity contribution in [3.8, 4) is 0 Å². The molecule has 160 valence electrons. The summed E-state index contributed by atoms with van der Waals surface area (Å²) in [6.07, 6.45) is 12.5. The van der Waals surface area contributed by atoms with E-state index < -0.39 is 0 Å². The van der Waals surface area contributed by atoms with Gasteiger partial charge in [-0.25, -0.2) is 9.97 Å². The Hall–Kier alpha value is -1.92. The average molecular weight is 441 g/mol. The third-order valence-corrected chi connectivity index (χ3v) is 8.34. The van der Waals surface area contributed by atoms with Crippen LogP contribution in [0.15, 0.2) is 12.1 Å². The zero-order valence-corrected chi connectivity index (χ0v) is 19.7. The van der Waals surface area contributed by atoms with Gasteiger partial charge in [0.15, 0.2) is 11.6 Å². The third-order valence-electron chi connectivity index (χ3n) is 5.79. The number of hydrogen-bond acceptors (Lipinski definition) is 6. The summed E-state index contributed by atoms with van der Waals surface area (Å²) in [5.41, 5.74) is 13.9. The number of anilines is 2. The fraction of sp³-hybridized carbons (Fsp3) is 0.500. The molecule has 0 bridgehead atoms. The Kier molecular flexibility index (Phi) is 6.74. The van der Waals surface area contributed by atoms with Crippen molar-refractivity contribution in [3.05, 3.63) is 21.9 Å². The van der Waals surface area contributed by atoms with Crippen molar-refractivity contribution >= 4 is 65.5 Å². The highest BCUT2D eigenvalue weighted by molar-refractivity contribution is 7.27. The summed E-state index contributed by atoms with van der Waals surface area (Å²) >= 11 is 3.85. The fourth-order valence-electron chi connectivity index (χ4n) is 4.11. The van der Waals surface area contributed by atoms with Crippen molar-refractivity contribution in [2.24, 2.45) is 0 Å². The molecule has 4 N–H and O–H groups in total. The summed E-state index contributed by atoms with van der Waals surface area (Å²) in [6.45, 7) is 4.52. The van der Waals surface area contributed by atoms with Crippen molar-refractivity contribution < 1.29 is 0 Å². The zero-order valence-electron chi connectivity index (χ0n) is 18.1. The highest BCUT2D eigenvalue weighted by atomic mass is 32.1. The van der Waals surface area contributed by atoms with E-state index in [0.717, 1.165) is 23.9 Å². The van der Waals surface area contributed by atoms with Crippen LogP contribution in [0.5, 0.6) is 0 Å². The predicted octanol–water partition coefficient (Wildman–Crippen LogP) is 7.47. The number of aromatic nitrogens is 2. The Morgan fingerprint density at radius 2 is 1.10 bits per heavy atom. The van der Waals surface area contributed by atoms with Gasteiger partial charge < -0.3 is 11.5 Å². The Bertz CT molecular complexity index is 1070. The van der Waals surface area contributed by atoms with Crippen LogP contribution in [0.2, 0.25) is 0 Å². The lowest BCUT2D eigenvalue weighted by Gasteiger charge is -2.04. The highest BCUT2D eigenvalue weighted by Crippen LogP contribution is 2.43. The minimum absolute atomic E-state index is 0.328. The van der Waals surface area contributed by atoms with Crippen LogP contribution < -0.4 is 11.5 Å². The van der Waals surface area contributed by atoms with Crippen LogP contribution in [0.3, 0.4) is 0 Å². The SMILES string of the molecule is CCCCCCc1cc2c3nc(N)c(N)nc3c3cc(CCCCCC)sc3c2s1. The number of nitrogen functional groups attached to an aromatic ring is 2. The maximum absolute atomic E-state index is 6.05. The van der Waals surface area contributed by atoms with Gasteiger partial charge in [-0.05, 0) is 37.8 Å². The zero-order chi connectivity index (χ0) is 21.1. The second-order valence-corrected chi connectivity index (χ2v) is 10.5. The molecule has 3 aromatic heterocycles. The molecule has 0 aliphatic heterocycles. The van der Waals surface area contributed by atoms with Crippen molar-refractivity contribution in [1.82, 2.24) is 9.97 Å². The molecule has 0 aliphatic rings. The Morgan fingerprint density at radius 3 is 1.50 bits per heavy atom. The van der Waals surface area contributed by atoms with Crippen LogP contribution >= 0.6 is 22.7 Å². The summed E-state index contributed by atoms with van der Waals surface area (Å²) < 4.78 is 2.68. The number of benzene rings is 1. The van der Waals surface area contributed by atoms with Gasteiger partial charge in [-0.1, -0.05) is 52.4 Å². The molecule has 4 rings (SSSR count). The molecule has 0 amide bonds. The monoisotopic (exact) mass is 440 g/mol. The van der Waals surface area contributed by atoms with Crippen LogP contribution in [0, 0.1) is 0 Å². The molecule has 30 heavy (non-hydrogen) atoms. The molecule has 0 radical (unpaired) electrons. The molecule has 0 spiro atoms. The maximum atomic E-state index is 6.05. The number of nitrogens with zero attached hydrogens (tertiary/aromatic N) is 2. The minimum atomic E-state index is 0.328. The van der Waals surface area contributed by atoms with Gasteiger partial charge in [0.25, 0.3) is 0 Å². The Labute approximate surface area is 186 Å². The van der Waals surface area contributed by atoms with Crippen molar-refractivity contribution in [1.29, 1.82) is 0 Å². The smallest absolute Gasteiger partial charge is 0.166 e. The van der Waals surface area contributed by atoms with E-state index in [1.807, 2.05) is 22.7 Å². The van der Waals surface area contributed by atoms with E-state index in [1.54, 1.807) is 0 Å². The van der Waals surface area contributed by atoms with Gasteiger partial charge in [0, 0.05) is 20.5 Å². The molecule has 0 unspecified atom stereocenters. The second-order valence-electron chi connectivity index (χ2n) is 8.22. The molecule has 0 saturated heterocycles. The van der Waals surface area contributed by atoms with Crippen LogP contribution in [-0.4, -0.2) is 9.97 Å². The normalized spacial score (nSPS) is 11.9. The van der Waals surface area contributed by atoms with Gasteiger partial charge in [-0.15, -0.1) is 22.7 Å². The van der Waals surface area contributed by atoms with E-state index in [-0.39, 0.29) is 0 Å². The first-order chi connectivity index (χ1) is 14.6. The first-order valence-electron chi connectivity index (χ1n) is 11.3. The van der Waals surface area contributed by atoms with Crippen molar-refractivity contribution in [3.63, 3.8) is 0 Å². The molecule has 1 aromatic carbocycles. The van der Waals surface area contributed by atoms with E-state index in [9.17, 15) is 0 Å². The Balaban J connectivity index is 1.79. The van der Waals surface area contributed by atoms with E-state index in [2.05, 4.69) is 35.9 Å². The van der Waals surface area contributed by atoms with E-state index in [4.69, 9.17) is 11.5 Å². The number of aryl methyl sites for hydroxylation is 2. The van der Waals surface area contributed by atoms with Gasteiger partial charge in [0.05, 0.1) is 9.40 Å². The molecule has 4 nitrogen and oxygen atoms in total. The molecule has 3 heterocycles. The lowest BCUT2D eigenvalue weighted by Crippen LogP contribution is -2.01. The van der Waals surface area contributed by atoms with Crippen LogP contribution in [0.1, 0.15) is 75.0 Å². The minimum Gasteiger partial charge on any atom is -0.381 e. The van der Waals surface area contributed by atoms with Crippen LogP contribution in [0.4, 0.5) is 11.6 Å². The quantitative estimate of drug-likeness (QED) is 0.251. The maximum Gasteiger partial charge on any atom is 0.166 e. The number of hydrogen-bond donors (Lipinski definition) is 2. The molecule has 6 heteroatoms. The van der Waals surface area contributed by atoms with Gasteiger partial charge >= 0.3 is 0 Å². The first-order valence-corrected chi connectivity index (χ1v) is 12.9. The van der Waals surface area contributed by atoms with Crippen LogP contribution in [-0.2, 0) is 12.8 Å². The molecule has 0 saturated carbocycles. The molecule has 0 aliphatic carbocycles. The summed E-state index contributed by atoms with van der Waals surface area (Å²) in [6, 6.07) is 4.64. The number of unbranched alkanes of at least 4 members (excludes halogenated alkanes) is 6. The lowest BCUT2D eigenvalue weighted by molar-refractivity contribution is 0.670. The number of fused-ring (bicyclic) bond motifs is 6. The lowest BCUT2D eigenvalue weighted by atomic mass is 10.1. The standard InChI is InChI=1S/C24H32N4S2/c1-3-5-7-9-11-15-13-17-19-20(28-24(26)23(25)27-19)18-14-16(12-10-8-6-4-2)30-22(18)21(17)29-15/h13-14H,3-12H2,1-2H3,(H2,25,27)(H2,26,28). The largest absolute Gasteiger partial charge is 0.381 e. The number of thiophene rings is 2. The summed E-state index contributed by atoms with van der Waals surface area (Å²) in [5, 5.41) is 2.37. The first kappa shape index (κ1) is 21.3. The number of rotatable bonds is 10. The predicted molar refractivity (Wildman–Crippen MR) is 135 cm³/mol. The molecular weight excluding hydrogens is 408 g/mol. The fourth-order valence-corrected chi connectivity index (χ4v) is 6.67. The van der Waals surface area contributed by atoms with Crippen LogP contribution in [0.25, 0.3) is 31.2 Å². The van der Waals surface area contributed by atoms with Gasteiger partial charge in [0.2, 0.25) is 0 Å². The van der Waals surface area contributed by atoms with E-state index in [1.165, 1.54) is 81.3 Å². The summed E-state index contributed by atoms with van der Waals surface area (Å²) in [4.78, 5) is 12.2. The van der Waals surface area contributed by atoms with Crippen molar-refractivity contribution in [2.45, 2.75) is 78.1 Å². The summed E-state index contributed by atoms with van der Waals surface area (Å²) in [7, 11) is 0. The Morgan fingerprint density at radius 1 is 0.667 bits per heavy atom. The van der Waals surface area contributed by atoms with Crippen molar-refractivity contribution in [2.75, 3.05) is 11.5 Å². The molecule has 0 fully saturated rings. The van der Waals surface area contributed by atoms with Gasteiger partial charge in [0.1, 0.15) is 11.0 Å². The third kappa shape index (κ3) is 4.26. The van der Waals surface area contributed by atoms with E-state index in [0.29, 0.717) is 11.6 Å². The molecule has 0 atom stereocenters. The topological polar surface area (TPSA) is 77.8 Å². The summed E-state index contributed by atoms with van der Waals surface area (Å²) in [5.74, 6) is 0.655. The average Bonchev–Trinajstić information content (AvgIpc) is 3.34. The number of nitrogens with two attached hydrogens (primary N) is 2. The van der Waals surface area contributed by atoms with Gasteiger partial charge in [-0.2, -0.15) is 0 Å². The molecular formula is C24H32N4S2. The second kappa shape index (κ2) is 9.48.